The van der Waals surface area contributed by atoms with Crippen molar-refractivity contribution in [3.63, 3.8) is 0 Å². The number of carbonyl (C=O) groups excluding carboxylic acids is 1. The molecule has 0 fully saturated rings. The third-order valence-corrected chi connectivity index (χ3v) is 3.00. The summed E-state index contributed by atoms with van der Waals surface area (Å²) < 4.78 is 0. The Labute approximate surface area is 127 Å². The summed E-state index contributed by atoms with van der Waals surface area (Å²) in [5.41, 5.74) is 2.83. The van der Waals surface area contributed by atoms with E-state index in [4.69, 9.17) is 0 Å². The van der Waals surface area contributed by atoms with Crippen molar-refractivity contribution in [2.45, 2.75) is 6.92 Å². The van der Waals surface area contributed by atoms with E-state index in [0.717, 1.165) is 11.3 Å². The van der Waals surface area contributed by atoms with Crippen LogP contribution < -0.4 is 10.6 Å². The van der Waals surface area contributed by atoms with Gasteiger partial charge >= 0.3 is 6.03 Å². The van der Waals surface area contributed by atoms with Gasteiger partial charge in [0.05, 0.1) is 11.9 Å². The lowest BCUT2D eigenvalue weighted by Gasteiger charge is -2.06. The molecule has 1 radical (unpaired) electrons. The van der Waals surface area contributed by atoms with Crippen LogP contribution in [0.15, 0.2) is 42.6 Å². The Bertz CT molecular complexity index is 804. The van der Waals surface area contributed by atoms with E-state index >= 15 is 0 Å². The first kappa shape index (κ1) is 13.9. The standard InChI is InChI=1S/C16H14N5O/c1-2-17-16(22)21-14-9-8-12-15(20-14)19-13(10-18-12)11-6-4-3-5-7-11/h4-10H,2H2,1H3,(H2,17,19,20,21,22). The Hall–Kier alpha value is -3.02. The molecular weight excluding hydrogens is 278 g/mol. The quantitative estimate of drug-likeness (QED) is 0.777. The monoisotopic (exact) mass is 292 g/mol. The molecule has 22 heavy (non-hydrogen) atoms. The highest BCUT2D eigenvalue weighted by Gasteiger charge is 2.06. The summed E-state index contributed by atoms with van der Waals surface area (Å²) in [6, 6.07) is 13.6. The van der Waals surface area contributed by atoms with Crippen LogP contribution in [0.5, 0.6) is 0 Å². The molecule has 2 aromatic heterocycles. The molecule has 0 saturated carbocycles. The molecule has 2 heterocycles. The lowest BCUT2D eigenvalue weighted by Crippen LogP contribution is -2.28. The lowest BCUT2D eigenvalue weighted by molar-refractivity contribution is 0.252. The zero-order valence-electron chi connectivity index (χ0n) is 12.0. The average Bonchev–Trinajstić information content (AvgIpc) is 2.55. The minimum absolute atomic E-state index is 0.294. The van der Waals surface area contributed by atoms with Crippen molar-refractivity contribution in [1.82, 2.24) is 20.3 Å². The molecule has 2 amide bonds. The number of urea groups is 1. The minimum atomic E-state index is -0.294. The second kappa shape index (κ2) is 6.17. The van der Waals surface area contributed by atoms with Gasteiger partial charge in [-0.3, -0.25) is 10.3 Å². The Morgan fingerprint density at radius 1 is 1.18 bits per heavy atom. The van der Waals surface area contributed by atoms with Gasteiger partial charge in [-0.2, -0.15) is 0 Å². The van der Waals surface area contributed by atoms with E-state index in [1.807, 2.05) is 31.2 Å². The van der Waals surface area contributed by atoms with E-state index in [1.165, 1.54) is 0 Å². The van der Waals surface area contributed by atoms with Gasteiger partial charge in [0.15, 0.2) is 5.65 Å². The predicted octanol–water partition coefficient (Wildman–Crippen LogP) is 2.63. The van der Waals surface area contributed by atoms with E-state index < -0.39 is 0 Å². The first-order valence-electron chi connectivity index (χ1n) is 6.91. The van der Waals surface area contributed by atoms with Gasteiger partial charge in [0.2, 0.25) is 0 Å². The molecule has 0 bridgehead atoms. The number of hydrogen-bond acceptors (Lipinski definition) is 4. The van der Waals surface area contributed by atoms with Gasteiger partial charge < -0.3 is 5.32 Å². The Morgan fingerprint density at radius 3 is 2.77 bits per heavy atom. The summed E-state index contributed by atoms with van der Waals surface area (Å²) in [6.07, 6.45) is 1.70. The Balaban J connectivity index is 1.94. The number of hydrogen-bond donors (Lipinski definition) is 2. The number of nitrogens with zero attached hydrogens (tertiary/aromatic N) is 3. The third kappa shape index (κ3) is 3.01. The van der Waals surface area contributed by atoms with Crippen molar-refractivity contribution in [3.8, 4) is 11.3 Å². The number of rotatable bonds is 3. The van der Waals surface area contributed by atoms with E-state index in [1.54, 1.807) is 18.3 Å². The number of nitrogens with one attached hydrogen (secondary N) is 2. The number of aromatic nitrogens is 3. The molecule has 0 atom stereocenters. The van der Waals surface area contributed by atoms with Crippen molar-refractivity contribution in [2.24, 2.45) is 0 Å². The van der Waals surface area contributed by atoms with Crippen LogP contribution in [0.1, 0.15) is 6.92 Å². The molecule has 0 unspecified atom stereocenters. The van der Waals surface area contributed by atoms with E-state index in [2.05, 4.69) is 31.7 Å². The molecule has 6 heteroatoms. The van der Waals surface area contributed by atoms with Gasteiger partial charge in [0.25, 0.3) is 0 Å². The maximum absolute atomic E-state index is 11.5. The first-order valence-corrected chi connectivity index (χ1v) is 6.91. The molecule has 0 aliphatic heterocycles. The van der Waals surface area contributed by atoms with Gasteiger partial charge in [-0.15, -0.1) is 0 Å². The number of benzene rings is 1. The topological polar surface area (TPSA) is 79.8 Å². The second-order valence-electron chi connectivity index (χ2n) is 4.57. The molecule has 2 N–H and O–H groups in total. The van der Waals surface area contributed by atoms with Gasteiger partial charge in [-0.05, 0) is 25.1 Å². The van der Waals surface area contributed by atoms with E-state index in [-0.39, 0.29) is 6.03 Å². The first-order chi connectivity index (χ1) is 10.8. The maximum Gasteiger partial charge on any atom is 0.320 e. The smallest absolute Gasteiger partial charge is 0.320 e. The van der Waals surface area contributed by atoms with Crippen LogP contribution in [-0.4, -0.2) is 27.5 Å². The third-order valence-electron chi connectivity index (χ3n) is 3.00. The minimum Gasteiger partial charge on any atom is -0.338 e. The maximum atomic E-state index is 11.5. The van der Waals surface area contributed by atoms with Crippen LogP contribution in [0.25, 0.3) is 22.4 Å². The zero-order chi connectivity index (χ0) is 15.4. The van der Waals surface area contributed by atoms with Crippen LogP contribution in [0.4, 0.5) is 10.6 Å². The molecule has 0 saturated heterocycles. The molecule has 109 valence electrons. The molecule has 0 aliphatic rings. The van der Waals surface area contributed by atoms with Crippen molar-refractivity contribution >= 4 is 23.0 Å². The summed E-state index contributed by atoms with van der Waals surface area (Å²) >= 11 is 0. The van der Waals surface area contributed by atoms with Gasteiger partial charge in [0.1, 0.15) is 11.3 Å². The van der Waals surface area contributed by atoms with Crippen LogP contribution >= 0.6 is 0 Å². The summed E-state index contributed by atoms with van der Waals surface area (Å²) in [5.74, 6) is 0.436. The fourth-order valence-corrected chi connectivity index (χ4v) is 1.99. The SMILES string of the molecule is CCNC(=O)Nc1ccc2ncc(-c3cc[c]cc3)nc2n1. The number of carbonyl (C=O) groups is 1. The highest BCUT2D eigenvalue weighted by Crippen LogP contribution is 2.18. The summed E-state index contributed by atoms with van der Waals surface area (Å²) in [5, 5.41) is 5.31. The van der Waals surface area contributed by atoms with Gasteiger partial charge in [0, 0.05) is 12.1 Å². The van der Waals surface area contributed by atoms with Crippen LogP contribution in [0.3, 0.4) is 0 Å². The van der Waals surface area contributed by atoms with Gasteiger partial charge in [-0.25, -0.2) is 14.8 Å². The number of anilines is 1. The lowest BCUT2D eigenvalue weighted by atomic mass is 10.2. The largest absolute Gasteiger partial charge is 0.338 e. The normalized spacial score (nSPS) is 10.4. The number of fused-ring (bicyclic) bond motifs is 1. The fraction of sp³-hybridized carbons (Fsp3) is 0.125. The number of pyridine rings is 1. The average molecular weight is 292 g/mol. The molecule has 3 aromatic rings. The molecule has 3 rings (SSSR count). The summed E-state index contributed by atoms with van der Waals surface area (Å²) in [6.45, 7) is 2.40. The molecule has 0 aliphatic carbocycles. The summed E-state index contributed by atoms with van der Waals surface area (Å²) in [4.78, 5) is 24.7. The zero-order valence-corrected chi connectivity index (χ0v) is 12.0. The van der Waals surface area contributed by atoms with Crippen LogP contribution in [0.2, 0.25) is 0 Å². The van der Waals surface area contributed by atoms with Crippen LogP contribution in [-0.2, 0) is 0 Å². The Morgan fingerprint density at radius 2 is 2.00 bits per heavy atom. The highest BCUT2D eigenvalue weighted by atomic mass is 16.2. The molecule has 6 nitrogen and oxygen atoms in total. The molecular formula is C16H14N5O. The van der Waals surface area contributed by atoms with Crippen molar-refractivity contribution in [1.29, 1.82) is 0 Å². The van der Waals surface area contributed by atoms with Crippen LogP contribution in [0, 0.1) is 6.07 Å². The fourth-order valence-electron chi connectivity index (χ4n) is 1.99. The Kier molecular flexibility index (Phi) is 3.91. The van der Waals surface area contributed by atoms with Crippen molar-refractivity contribution in [3.05, 3.63) is 48.7 Å². The molecule has 1 aromatic carbocycles. The molecule has 0 spiro atoms. The van der Waals surface area contributed by atoms with Crippen molar-refractivity contribution < 1.29 is 4.79 Å². The highest BCUT2D eigenvalue weighted by molar-refractivity contribution is 5.89. The van der Waals surface area contributed by atoms with Gasteiger partial charge in [-0.1, -0.05) is 24.3 Å². The number of amides is 2. The summed E-state index contributed by atoms with van der Waals surface area (Å²) in [7, 11) is 0. The van der Waals surface area contributed by atoms with E-state index in [9.17, 15) is 4.79 Å². The predicted molar refractivity (Wildman–Crippen MR) is 84.3 cm³/mol. The van der Waals surface area contributed by atoms with Crippen molar-refractivity contribution in [2.75, 3.05) is 11.9 Å². The van der Waals surface area contributed by atoms with E-state index in [0.29, 0.717) is 23.5 Å². The second-order valence-corrected chi connectivity index (χ2v) is 4.57.